The van der Waals surface area contributed by atoms with E-state index >= 15 is 0 Å². The van der Waals surface area contributed by atoms with Crippen LogP contribution >= 0.6 is 0 Å². The molecule has 0 atom stereocenters. The number of para-hydroxylation sites is 2. The number of anilines is 3. The highest BCUT2D eigenvalue weighted by molar-refractivity contribution is 6.17. The summed E-state index contributed by atoms with van der Waals surface area (Å²) in [5, 5.41) is 9.78. The van der Waals surface area contributed by atoms with Gasteiger partial charge >= 0.3 is 0 Å². The van der Waals surface area contributed by atoms with E-state index in [1.54, 1.807) is 0 Å². The number of rotatable bonds is 4. The minimum atomic E-state index is -0.140. The normalized spacial score (nSPS) is 12.9. The van der Waals surface area contributed by atoms with Crippen molar-refractivity contribution in [2.45, 2.75) is 0 Å². The van der Waals surface area contributed by atoms with Crippen LogP contribution < -0.4 is 4.90 Å². The van der Waals surface area contributed by atoms with Gasteiger partial charge in [0.2, 0.25) is 0 Å². The van der Waals surface area contributed by atoms with Crippen molar-refractivity contribution in [3.8, 4) is 11.1 Å². The number of nitrogens with zero attached hydrogens (tertiary/aromatic N) is 1. The highest BCUT2D eigenvalue weighted by atomic mass is 16.3. The molecule has 0 saturated carbocycles. The average molecular weight is 616 g/mol. The summed E-state index contributed by atoms with van der Waals surface area (Å²) in [7, 11) is 0. The summed E-state index contributed by atoms with van der Waals surface area (Å²) in [6, 6.07) is 49.8. The van der Waals surface area contributed by atoms with E-state index in [1.165, 1.54) is 0 Å². The molecular weight excluding hydrogens is 583 g/mol. The molecule has 224 valence electrons. The Balaban J connectivity index is 1.33. The third-order valence-electron chi connectivity index (χ3n) is 9.48. The number of furan rings is 1. The molecular formula is C46H29NO. The lowest BCUT2D eigenvalue weighted by atomic mass is 9.93. The van der Waals surface area contributed by atoms with E-state index in [-0.39, 0.29) is 35.4 Å². The summed E-state index contributed by atoms with van der Waals surface area (Å²) in [6.45, 7) is 0. The summed E-state index contributed by atoms with van der Waals surface area (Å²) >= 11 is 0. The van der Waals surface area contributed by atoms with Crippen LogP contribution in [0.5, 0.6) is 0 Å². The Labute approximate surface area is 283 Å². The van der Waals surface area contributed by atoms with E-state index in [2.05, 4.69) is 36.4 Å². The third-order valence-corrected chi connectivity index (χ3v) is 9.48. The Morgan fingerprint density at radius 3 is 1.69 bits per heavy atom. The van der Waals surface area contributed by atoms with Gasteiger partial charge in [-0.3, -0.25) is 0 Å². The van der Waals surface area contributed by atoms with Crippen LogP contribution in [0.3, 0.4) is 0 Å². The molecule has 0 aliphatic rings. The SMILES string of the molecule is [2H]c1c([2H])c(N(c2cc3ccccc3c3ccccc23)c2cccc3c2oc2ccccc23)c([2H])c([2H])c1-c1cc2ccccc2c2ccccc12. The van der Waals surface area contributed by atoms with Crippen molar-refractivity contribution in [3.05, 3.63) is 176 Å². The van der Waals surface area contributed by atoms with E-state index < -0.39 is 0 Å². The maximum Gasteiger partial charge on any atom is 0.159 e. The molecule has 0 aliphatic carbocycles. The van der Waals surface area contributed by atoms with Gasteiger partial charge < -0.3 is 9.32 Å². The lowest BCUT2D eigenvalue weighted by molar-refractivity contribution is 0.669. The molecule has 0 amide bonds. The fourth-order valence-corrected chi connectivity index (χ4v) is 7.31. The molecule has 0 N–H and O–H groups in total. The number of fused-ring (bicyclic) bond motifs is 9. The zero-order valence-electron chi connectivity index (χ0n) is 29.8. The summed E-state index contributed by atoms with van der Waals surface area (Å²) in [5.74, 6) is 0. The standard InChI is InChI=1S/C46H29NO/c1-3-14-34-31(12-1)28-42(38-18-6-5-16-36(34)38)30-24-26-33(27-25-30)47(43-22-11-21-41-40-20-9-10-23-45(40)48-46(41)43)44-29-32-13-2-4-15-35(32)37-17-7-8-19-39(37)44/h1-29H/i24D,25D,26D,27D. The molecule has 2 nitrogen and oxygen atoms in total. The Morgan fingerprint density at radius 1 is 0.417 bits per heavy atom. The predicted molar refractivity (Wildman–Crippen MR) is 204 cm³/mol. The topological polar surface area (TPSA) is 16.4 Å². The quantitative estimate of drug-likeness (QED) is 0.183. The van der Waals surface area contributed by atoms with Gasteiger partial charge in [-0.05, 0) is 85.2 Å². The second kappa shape index (κ2) is 10.6. The molecule has 0 unspecified atom stereocenters. The molecule has 1 aromatic heterocycles. The summed E-state index contributed by atoms with van der Waals surface area (Å²) < 4.78 is 45.3. The molecule has 9 aromatic carbocycles. The molecule has 0 bridgehead atoms. The first-order valence-corrected chi connectivity index (χ1v) is 16.1. The molecule has 48 heavy (non-hydrogen) atoms. The van der Waals surface area contributed by atoms with Crippen LogP contribution in [0.4, 0.5) is 17.1 Å². The summed E-state index contributed by atoms with van der Waals surface area (Å²) in [5.41, 5.74) is 3.77. The van der Waals surface area contributed by atoms with Crippen molar-refractivity contribution in [1.29, 1.82) is 0 Å². The Kier molecular flexibility index (Phi) is 5.08. The molecule has 0 aliphatic heterocycles. The molecule has 0 radical (unpaired) electrons. The monoisotopic (exact) mass is 615 g/mol. The first kappa shape index (κ1) is 23.0. The number of hydrogen-bond acceptors (Lipinski definition) is 2. The number of hydrogen-bond donors (Lipinski definition) is 0. The van der Waals surface area contributed by atoms with Crippen LogP contribution in [-0.4, -0.2) is 0 Å². The van der Waals surface area contributed by atoms with Crippen molar-refractivity contribution in [1.82, 2.24) is 0 Å². The van der Waals surface area contributed by atoms with Crippen LogP contribution in [-0.2, 0) is 0 Å². The van der Waals surface area contributed by atoms with E-state index in [4.69, 9.17) is 4.42 Å². The number of benzene rings is 9. The van der Waals surface area contributed by atoms with Crippen molar-refractivity contribution < 1.29 is 9.90 Å². The third kappa shape index (κ3) is 4.06. The maximum atomic E-state index is 9.75. The lowest BCUT2D eigenvalue weighted by Crippen LogP contribution is -2.11. The van der Waals surface area contributed by atoms with Gasteiger partial charge in [-0.2, -0.15) is 0 Å². The van der Waals surface area contributed by atoms with E-state index in [0.717, 1.165) is 65.1 Å². The smallest absolute Gasteiger partial charge is 0.159 e. The molecule has 10 aromatic rings. The summed E-state index contributed by atoms with van der Waals surface area (Å²) in [4.78, 5) is 1.88. The first-order valence-electron chi connectivity index (χ1n) is 18.1. The minimum Gasteiger partial charge on any atom is -0.454 e. The Hall–Kier alpha value is -6.38. The zero-order valence-corrected chi connectivity index (χ0v) is 25.8. The molecule has 1 heterocycles. The van der Waals surface area contributed by atoms with E-state index in [0.29, 0.717) is 16.8 Å². The second-order valence-electron chi connectivity index (χ2n) is 12.2. The van der Waals surface area contributed by atoms with Crippen LogP contribution in [0, 0.1) is 0 Å². The van der Waals surface area contributed by atoms with Crippen LogP contribution in [0.1, 0.15) is 5.48 Å². The van der Waals surface area contributed by atoms with Gasteiger partial charge in [-0.1, -0.05) is 139 Å². The fraction of sp³-hybridized carbons (Fsp3) is 0. The first-order chi connectivity index (χ1) is 25.5. The van der Waals surface area contributed by atoms with Gasteiger partial charge in [0.05, 0.1) is 16.9 Å². The van der Waals surface area contributed by atoms with Gasteiger partial charge in [0.1, 0.15) is 5.58 Å². The zero-order chi connectivity index (χ0) is 35.1. The van der Waals surface area contributed by atoms with Crippen molar-refractivity contribution in [3.63, 3.8) is 0 Å². The van der Waals surface area contributed by atoms with Gasteiger partial charge in [0.25, 0.3) is 0 Å². The van der Waals surface area contributed by atoms with Crippen LogP contribution in [0.25, 0.3) is 76.2 Å². The molecule has 0 spiro atoms. The van der Waals surface area contributed by atoms with Crippen molar-refractivity contribution in [2.75, 3.05) is 4.90 Å². The molecule has 2 heteroatoms. The van der Waals surface area contributed by atoms with Crippen molar-refractivity contribution in [2.24, 2.45) is 0 Å². The highest BCUT2D eigenvalue weighted by Crippen LogP contribution is 2.46. The van der Waals surface area contributed by atoms with Gasteiger partial charge in [0, 0.05) is 21.8 Å². The Bertz CT molecular complexity index is 3060. The predicted octanol–water partition coefficient (Wildman–Crippen LogP) is 13.3. The molecule has 0 fully saturated rings. The average Bonchev–Trinajstić information content (AvgIpc) is 3.58. The van der Waals surface area contributed by atoms with Crippen molar-refractivity contribution >= 4 is 82.1 Å². The van der Waals surface area contributed by atoms with Crippen LogP contribution in [0.2, 0.25) is 0 Å². The minimum absolute atomic E-state index is 0.108. The van der Waals surface area contributed by atoms with E-state index in [1.807, 2.05) is 120 Å². The second-order valence-corrected chi connectivity index (χ2v) is 12.2. The van der Waals surface area contributed by atoms with Crippen LogP contribution in [0.15, 0.2) is 180 Å². The maximum absolute atomic E-state index is 9.75. The molecule has 0 saturated heterocycles. The van der Waals surface area contributed by atoms with Gasteiger partial charge in [-0.25, -0.2) is 0 Å². The molecule has 10 rings (SSSR count). The summed E-state index contributed by atoms with van der Waals surface area (Å²) in [6.07, 6.45) is 0. The largest absolute Gasteiger partial charge is 0.454 e. The lowest BCUT2D eigenvalue weighted by Gasteiger charge is -2.28. The fourth-order valence-electron chi connectivity index (χ4n) is 7.31. The van der Waals surface area contributed by atoms with Gasteiger partial charge in [-0.15, -0.1) is 0 Å². The van der Waals surface area contributed by atoms with E-state index in [9.17, 15) is 5.48 Å². The highest BCUT2D eigenvalue weighted by Gasteiger charge is 2.22. The van der Waals surface area contributed by atoms with Gasteiger partial charge in [0.15, 0.2) is 5.58 Å². The Morgan fingerprint density at radius 2 is 0.958 bits per heavy atom.